The van der Waals surface area contributed by atoms with Crippen molar-refractivity contribution in [1.82, 2.24) is 9.88 Å². The lowest BCUT2D eigenvalue weighted by atomic mass is 10.1. The Kier molecular flexibility index (Phi) is 2.78. The summed E-state index contributed by atoms with van der Waals surface area (Å²) in [4.78, 5) is 19.5. The van der Waals surface area contributed by atoms with Gasteiger partial charge >= 0.3 is 6.09 Å². The Morgan fingerprint density at radius 1 is 1.61 bits per heavy atom. The Labute approximate surface area is 110 Å². The van der Waals surface area contributed by atoms with Gasteiger partial charge in [-0.15, -0.1) is 11.3 Å². The maximum atomic E-state index is 11.8. The van der Waals surface area contributed by atoms with E-state index in [2.05, 4.69) is 18.0 Å². The normalized spacial score (nSPS) is 14.9. The summed E-state index contributed by atoms with van der Waals surface area (Å²) in [5.41, 5.74) is 2.53. The largest absolute Gasteiger partial charge is 0.450 e. The van der Waals surface area contributed by atoms with Gasteiger partial charge in [-0.3, -0.25) is 0 Å². The number of carbonyl (C=O) groups excluding carboxylic acids is 1. The van der Waals surface area contributed by atoms with Gasteiger partial charge in [-0.05, 0) is 19.9 Å². The van der Waals surface area contributed by atoms with Crippen molar-refractivity contribution in [3.8, 4) is 0 Å². The van der Waals surface area contributed by atoms with Crippen LogP contribution in [0.5, 0.6) is 0 Å². The second-order valence-electron chi connectivity index (χ2n) is 4.55. The first-order valence-electron chi connectivity index (χ1n) is 6.20. The number of rotatable bonds is 1. The number of aromatic amines is 1. The Hall–Kier alpha value is -1.49. The van der Waals surface area contributed by atoms with Crippen molar-refractivity contribution in [2.45, 2.75) is 26.8 Å². The zero-order valence-electron chi connectivity index (χ0n) is 10.6. The molecule has 0 saturated carbocycles. The molecule has 0 bridgehead atoms. The number of ether oxygens (including phenoxy) is 1. The van der Waals surface area contributed by atoms with E-state index >= 15 is 0 Å². The molecule has 0 radical (unpaired) electrons. The molecule has 96 valence electrons. The van der Waals surface area contributed by atoms with Crippen LogP contribution in [0.2, 0.25) is 0 Å². The summed E-state index contributed by atoms with van der Waals surface area (Å²) in [6, 6.07) is 2.20. The number of thiophene rings is 1. The van der Waals surface area contributed by atoms with E-state index in [0.29, 0.717) is 13.2 Å². The van der Waals surface area contributed by atoms with E-state index in [1.807, 2.05) is 6.92 Å². The number of amides is 1. The minimum atomic E-state index is -0.204. The van der Waals surface area contributed by atoms with Crippen LogP contribution in [0, 0.1) is 6.92 Å². The van der Waals surface area contributed by atoms with Crippen molar-refractivity contribution < 1.29 is 9.53 Å². The van der Waals surface area contributed by atoms with Crippen LogP contribution in [0.25, 0.3) is 10.2 Å². The molecule has 3 heterocycles. The minimum Gasteiger partial charge on any atom is -0.450 e. The van der Waals surface area contributed by atoms with Gasteiger partial charge in [-0.1, -0.05) is 0 Å². The van der Waals surface area contributed by atoms with Gasteiger partial charge in [0.2, 0.25) is 0 Å². The number of H-pyrrole nitrogens is 1. The first kappa shape index (κ1) is 11.6. The van der Waals surface area contributed by atoms with Crippen molar-refractivity contribution in [3.63, 3.8) is 0 Å². The van der Waals surface area contributed by atoms with Crippen molar-refractivity contribution in [3.05, 3.63) is 22.2 Å². The van der Waals surface area contributed by atoms with Crippen LogP contribution in [0.4, 0.5) is 4.79 Å². The molecule has 0 saturated heterocycles. The van der Waals surface area contributed by atoms with Crippen LogP contribution in [-0.2, 0) is 17.7 Å². The number of nitrogens with one attached hydrogen (secondary N) is 1. The van der Waals surface area contributed by atoms with Gasteiger partial charge in [0.25, 0.3) is 0 Å². The Morgan fingerprint density at radius 3 is 3.22 bits per heavy atom. The summed E-state index contributed by atoms with van der Waals surface area (Å²) in [6.07, 6.45) is 0.679. The highest BCUT2D eigenvalue weighted by Gasteiger charge is 2.25. The number of aromatic nitrogens is 1. The molecule has 3 rings (SSSR count). The predicted molar refractivity (Wildman–Crippen MR) is 72.0 cm³/mol. The van der Waals surface area contributed by atoms with Gasteiger partial charge in [0.1, 0.15) is 4.83 Å². The summed E-state index contributed by atoms with van der Waals surface area (Å²) in [5.74, 6) is 0. The lowest BCUT2D eigenvalue weighted by Gasteiger charge is -2.26. The fourth-order valence-electron chi connectivity index (χ4n) is 2.49. The van der Waals surface area contributed by atoms with Crippen molar-refractivity contribution in [2.75, 3.05) is 13.2 Å². The second kappa shape index (κ2) is 4.31. The molecule has 0 spiro atoms. The number of carbonyl (C=O) groups is 1. The van der Waals surface area contributed by atoms with Gasteiger partial charge < -0.3 is 14.6 Å². The molecule has 1 N–H and O–H groups in total. The lowest BCUT2D eigenvalue weighted by Crippen LogP contribution is -2.36. The number of nitrogens with zero attached hydrogens (tertiary/aromatic N) is 1. The molecule has 5 heteroatoms. The summed E-state index contributed by atoms with van der Waals surface area (Å²) in [7, 11) is 0. The lowest BCUT2D eigenvalue weighted by molar-refractivity contribution is 0.103. The van der Waals surface area contributed by atoms with Crippen LogP contribution in [-0.4, -0.2) is 29.1 Å². The van der Waals surface area contributed by atoms with Crippen LogP contribution in [0.15, 0.2) is 6.07 Å². The number of hydrogen-bond donors (Lipinski definition) is 1. The molecule has 4 nitrogen and oxygen atoms in total. The molecule has 0 atom stereocenters. The molecule has 0 aromatic carbocycles. The monoisotopic (exact) mass is 264 g/mol. The molecule has 1 aliphatic heterocycles. The first-order chi connectivity index (χ1) is 8.69. The zero-order valence-corrected chi connectivity index (χ0v) is 11.4. The molecular formula is C13H16N2O2S. The van der Waals surface area contributed by atoms with E-state index in [9.17, 15) is 4.79 Å². The Morgan fingerprint density at radius 2 is 2.44 bits per heavy atom. The quantitative estimate of drug-likeness (QED) is 0.860. The van der Waals surface area contributed by atoms with E-state index in [-0.39, 0.29) is 6.09 Å². The summed E-state index contributed by atoms with van der Waals surface area (Å²) in [5, 5.41) is 1.27. The van der Waals surface area contributed by atoms with Gasteiger partial charge in [0.05, 0.1) is 13.2 Å². The maximum Gasteiger partial charge on any atom is 0.410 e. The highest BCUT2D eigenvalue weighted by atomic mass is 32.1. The fourth-order valence-corrected chi connectivity index (χ4v) is 3.45. The molecule has 0 aliphatic carbocycles. The number of fused-ring (bicyclic) bond motifs is 3. The third-order valence-electron chi connectivity index (χ3n) is 3.32. The van der Waals surface area contributed by atoms with Crippen molar-refractivity contribution >= 4 is 27.6 Å². The fraction of sp³-hybridized carbons (Fsp3) is 0.462. The molecule has 2 aromatic heterocycles. The highest BCUT2D eigenvalue weighted by molar-refractivity contribution is 7.18. The Bertz CT molecular complexity index is 599. The number of hydrogen-bond acceptors (Lipinski definition) is 3. The van der Waals surface area contributed by atoms with E-state index in [0.717, 1.165) is 13.0 Å². The molecule has 2 aromatic rings. The maximum absolute atomic E-state index is 11.8. The SMILES string of the molecule is CCOC(=O)N1CCc2[nH]c3sc(C)cc3c2C1. The average molecular weight is 264 g/mol. The molecule has 18 heavy (non-hydrogen) atoms. The average Bonchev–Trinajstić information content (AvgIpc) is 2.84. The van der Waals surface area contributed by atoms with Crippen LogP contribution < -0.4 is 0 Å². The third-order valence-corrected chi connectivity index (χ3v) is 4.28. The highest BCUT2D eigenvalue weighted by Crippen LogP contribution is 2.33. The van der Waals surface area contributed by atoms with Crippen molar-refractivity contribution in [1.29, 1.82) is 0 Å². The third kappa shape index (κ3) is 1.79. The van der Waals surface area contributed by atoms with Gasteiger partial charge in [0.15, 0.2) is 0 Å². The van der Waals surface area contributed by atoms with Crippen LogP contribution in [0.1, 0.15) is 23.1 Å². The summed E-state index contributed by atoms with van der Waals surface area (Å²) >= 11 is 1.78. The van der Waals surface area contributed by atoms with Crippen LogP contribution >= 0.6 is 11.3 Å². The first-order valence-corrected chi connectivity index (χ1v) is 7.02. The molecule has 1 aliphatic rings. The smallest absolute Gasteiger partial charge is 0.410 e. The van der Waals surface area contributed by atoms with Gasteiger partial charge in [-0.2, -0.15) is 0 Å². The van der Waals surface area contributed by atoms with E-state index in [1.165, 1.54) is 26.4 Å². The molecule has 0 unspecified atom stereocenters. The molecule has 1 amide bonds. The summed E-state index contributed by atoms with van der Waals surface area (Å²) < 4.78 is 5.07. The minimum absolute atomic E-state index is 0.204. The molecule has 0 fully saturated rings. The standard InChI is InChI=1S/C13H16N2O2S/c1-3-17-13(16)15-5-4-11-10(7-15)9-6-8(2)18-12(9)14-11/h6,14H,3-5,7H2,1-2H3. The van der Waals surface area contributed by atoms with E-state index in [4.69, 9.17) is 4.74 Å². The summed E-state index contributed by atoms with van der Waals surface area (Å²) in [6.45, 7) is 5.77. The molecular weight excluding hydrogens is 248 g/mol. The number of aryl methyl sites for hydroxylation is 1. The second-order valence-corrected chi connectivity index (χ2v) is 5.81. The van der Waals surface area contributed by atoms with E-state index < -0.39 is 0 Å². The zero-order chi connectivity index (χ0) is 12.7. The topological polar surface area (TPSA) is 45.3 Å². The Balaban J connectivity index is 1.92. The predicted octanol–water partition coefficient (Wildman–Crippen LogP) is 3.05. The van der Waals surface area contributed by atoms with E-state index in [1.54, 1.807) is 16.2 Å². The van der Waals surface area contributed by atoms with Crippen molar-refractivity contribution in [2.24, 2.45) is 0 Å². The van der Waals surface area contributed by atoms with Crippen LogP contribution in [0.3, 0.4) is 0 Å². The van der Waals surface area contributed by atoms with Gasteiger partial charge in [-0.25, -0.2) is 4.79 Å². The van der Waals surface area contributed by atoms with Gasteiger partial charge in [0, 0.05) is 34.5 Å².